The number of aryl methyl sites for hydroxylation is 1. The third kappa shape index (κ3) is 6.42. The van der Waals surface area contributed by atoms with E-state index in [2.05, 4.69) is 5.32 Å². The molecule has 0 spiro atoms. The Balaban J connectivity index is 1.65. The van der Waals surface area contributed by atoms with E-state index in [9.17, 15) is 19.5 Å². The molecule has 0 unspecified atom stereocenters. The van der Waals surface area contributed by atoms with E-state index in [1.165, 1.54) is 4.90 Å². The van der Waals surface area contributed by atoms with Gasteiger partial charge in [0.2, 0.25) is 5.91 Å². The van der Waals surface area contributed by atoms with E-state index in [4.69, 9.17) is 4.74 Å². The Morgan fingerprint density at radius 1 is 1.22 bits per heavy atom. The highest BCUT2D eigenvalue weighted by atomic mass is 32.2. The van der Waals surface area contributed by atoms with Gasteiger partial charge in [0.15, 0.2) is 0 Å². The maximum absolute atomic E-state index is 13.2. The molecular weight excluding hydrogens is 448 g/mol. The van der Waals surface area contributed by atoms with Crippen LogP contribution in [0.1, 0.15) is 32.3 Å². The monoisotopic (exact) mass is 480 g/mol. The first-order chi connectivity index (χ1) is 15.4. The number of rotatable bonds is 10. The van der Waals surface area contributed by atoms with Crippen molar-refractivity contribution in [2.45, 2.75) is 55.8 Å². The quantitative estimate of drug-likeness (QED) is 0.494. The number of nitrogens with zero attached hydrogens (tertiary/aromatic N) is 1. The Morgan fingerprint density at radius 2 is 1.91 bits per heavy atom. The normalized spacial score (nSPS) is 23.1. The number of aliphatic carboxylic acids is 1. The summed E-state index contributed by atoms with van der Waals surface area (Å²) in [5, 5.41) is 12.8. The minimum atomic E-state index is -0.966. The predicted octanol–water partition coefficient (Wildman–Crippen LogP) is 2.64. The smallest absolute Gasteiger partial charge is 0.326 e. The Bertz CT molecular complexity index is 788. The summed E-state index contributed by atoms with van der Waals surface area (Å²) in [5.74, 6) is 0.671. The second-order valence-electron chi connectivity index (χ2n) is 8.17. The molecule has 4 atom stereocenters. The third-order valence-corrected chi connectivity index (χ3v) is 9.27. The summed E-state index contributed by atoms with van der Waals surface area (Å²) in [6.07, 6.45) is 1.63. The number of esters is 1. The minimum Gasteiger partial charge on any atom is -0.480 e. The number of carbonyl (C=O) groups is 3. The van der Waals surface area contributed by atoms with Crippen LogP contribution in [-0.2, 0) is 25.5 Å². The number of amides is 1. The fourth-order valence-electron chi connectivity index (χ4n) is 4.28. The molecular formula is C23H32N2O5S2. The van der Waals surface area contributed by atoms with Gasteiger partial charge in [-0.05, 0) is 38.7 Å². The first kappa shape index (κ1) is 24.9. The highest BCUT2D eigenvalue weighted by Gasteiger charge is 2.44. The van der Waals surface area contributed by atoms with E-state index in [0.717, 1.165) is 17.1 Å². The van der Waals surface area contributed by atoms with Gasteiger partial charge in [-0.3, -0.25) is 14.9 Å². The third-order valence-electron chi connectivity index (χ3n) is 5.89. The van der Waals surface area contributed by atoms with E-state index in [0.29, 0.717) is 30.4 Å². The van der Waals surface area contributed by atoms with Gasteiger partial charge >= 0.3 is 11.9 Å². The molecule has 0 radical (unpaired) electrons. The molecule has 0 bridgehead atoms. The van der Waals surface area contributed by atoms with Gasteiger partial charge in [0.25, 0.3) is 0 Å². The highest BCUT2D eigenvalue weighted by Crippen LogP contribution is 2.42. The molecule has 1 amide bonds. The number of benzene rings is 1. The van der Waals surface area contributed by atoms with Crippen LogP contribution in [0.5, 0.6) is 0 Å². The van der Waals surface area contributed by atoms with Crippen molar-refractivity contribution in [2.75, 3.05) is 24.7 Å². The van der Waals surface area contributed by atoms with Gasteiger partial charge in [-0.1, -0.05) is 30.3 Å². The van der Waals surface area contributed by atoms with Crippen molar-refractivity contribution >= 4 is 41.4 Å². The number of ether oxygens (including phenoxy) is 1. The number of carboxylic acids is 1. The molecule has 32 heavy (non-hydrogen) atoms. The van der Waals surface area contributed by atoms with Gasteiger partial charge in [0.05, 0.1) is 17.2 Å². The van der Waals surface area contributed by atoms with E-state index in [1.54, 1.807) is 13.8 Å². The summed E-state index contributed by atoms with van der Waals surface area (Å²) in [4.78, 5) is 39.1. The zero-order valence-corrected chi connectivity index (χ0v) is 20.2. The second-order valence-corrected chi connectivity index (χ2v) is 11.0. The lowest BCUT2D eigenvalue weighted by Crippen LogP contribution is -2.53. The zero-order chi connectivity index (χ0) is 23.1. The van der Waals surface area contributed by atoms with Crippen LogP contribution in [0.4, 0.5) is 0 Å². The minimum absolute atomic E-state index is 0.170. The van der Waals surface area contributed by atoms with E-state index < -0.39 is 30.1 Å². The molecule has 1 aromatic carbocycles. The number of hydrogen-bond donors (Lipinski definition) is 2. The van der Waals surface area contributed by atoms with Crippen molar-refractivity contribution in [3.8, 4) is 0 Å². The van der Waals surface area contributed by atoms with Crippen LogP contribution in [-0.4, -0.2) is 75.2 Å². The van der Waals surface area contributed by atoms with E-state index in [-0.39, 0.29) is 18.4 Å². The summed E-state index contributed by atoms with van der Waals surface area (Å²) in [5.41, 5.74) is 1.10. The van der Waals surface area contributed by atoms with Crippen molar-refractivity contribution in [3.63, 3.8) is 0 Å². The van der Waals surface area contributed by atoms with Crippen molar-refractivity contribution < 1.29 is 24.2 Å². The molecule has 0 aromatic heterocycles. The fourth-order valence-corrected chi connectivity index (χ4v) is 7.42. The first-order valence-corrected chi connectivity index (χ1v) is 13.2. The van der Waals surface area contributed by atoms with Crippen molar-refractivity contribution in [1.29, 1.82) is 0 Å². The van der Waals surface area contributed by atoms with E-state index in [1.807, 2.05) is 53.9 Å². The van der Waals surface area contributed by atoms with Crippen LogP contribution < -0.4 is 5.32 Å². The molecule has 7 nitrogen and oxygen atoms in total. The highest BCUT2D eigenvalue weighted by molar-refractivity contribution is 8.20. The lowest BCUT2D eigenvalue weighted by Gasteiger charge is -2.28. The molecule has 2 saturated heterocycles. The number of carboxylic acid groups (broad SMARTS) is 1. The molecule has 2 aliphatic rings. The van der Waals surface area contributed by atoms with Crippen molar-refractivity contribution in [2.24, 2.45) is 5.92 Å². The molecule has 2 heterocycles. The van der Waals surface area contributed by atoms with Gasteiger partial charge in [-0.25, -0.2) is 4.79 Å². The number of hydrogen-bond acceptors (Lipinski definition) is 7. The molecule has 0 saturated carbocycles. The Kier molecular flexibility index (Phi) is 9.31. The summed E-state index contributed by atoms with van der Waals surface area (Å²) < 4.78 is 5.56. The molecule has 2 aliphatic heterocycles. The summed E-state index contributed by atoms with van der Waals surface area (Å²) >= 11 is 3.71. The molecule has 2 fully saturated rings. The standard InChI is InChI=1S/C23H32N2O5S2/c1-3-30-22(29)18(10-9-16-7-5-4-6-8-16)24-15(2)20(26)25-14-17(13-19(25)21(27)28)23-31-11-12-32-23/h4-8,15,17-19,23-24H,3,9-14H2,1-2H3,(H,27,28)/t15-,17-,18-,19+/m0/s1. The summed E-state index contributed by atoms with van der Waals surface area (Å²) in [7, 11) is 0. The Hall–Kier alpha value is -1.71. The van der Waals surface area contributed by atoms with Gasteiger partial charge < -0.3 is 14.7 Å². The average Bonchev–Trinajstić information content (AvgIpc) is 3.46. The first-order valence-electron chi connectivity index (χ1n) is 11.1. The number of nitrogens with one attached hydrogen (secondary N) is 1. The largest absolute Gasteiger partial charge is 0.480 e. The van der Waals surface area contributed by atoms with Crippen LogP contribution in [0.15, 0.2) is 30.3 Å². The maximum Gasteiger partial charge on any atom is 0.326 e. The zero-order valence-electron chi connectivity index (χ0n) is 18.6. The van der Waals surface area contributed by atoms with Crippen LogP contribution in [0.25, 0.3) is 0 Å². The fraction of sp³-hybridized carbons (Fsp3) is 0.609. The van der Waals surface area contributed by atoms with Crippen LogP contribution in [0.2, 0.25) is 0 Å². The molecule has 3 rings (SSSR count). The lowest BCUT2D eigenvalue weighted by molar-refractivity contribution is -0.150. The van der Waals surface area contributed by atoms with Crippen LogP contribution in [0, 0.1) is 5.92 Å². The van der Waals surface area contributed by atoms with Crippen LogP contribution in [0.3, 0.4) is 0 Å². The second kappa shape index (κ2) is 12.0. The predicted molar refractivity (Wildman–Crippen MR) is 128 cm³/mol. The van der Waals surface area contributed by atoms with Crippen molar-refractivity contribution in [1.82, 2.24) is 10.2 Å². The number of carbonyl (C=O) groups excluding carboxylic acids is 2. The van der Waals surface area contributed by atoms with Crippen LogP contribution >= 0.6 is 23.5 Å². The Labute approximate surface area is 198 Å². The molecule has 2 N–H and O–H groups in total. The topological polar surface area (TPSA) is 95.9 Å². The van der Waals surface area contributed by atoms with Crippen molar-refractivity contribution in [3.05, 3.63) is 35.9 Å². The lowest BCUT2D eigenvalue weighted by atomic mass is 10.0. The summed E-state index contributed by atoms with van der Waals surface area (Å²) in [6.45, 7) is 4.15. The molecule has 9 heteroatoms. The van der Waals surface area contributed by atoms with Gasteiger partial charge in [-0.15, -0.1) is 23.5 Å². The average molecular weight is 481 g/mol. The molecule has 1 aromatic rings. The van der Waals surface area contributed by atoms with Gasteiger partial charge in [-0.2, -0.15) is 0 Å². The Morgan fingerprint density at radius 3 is 2.53 bits per heavy atom. The SMILES string of the molecule is CCOC(=O)[C@H](CCc1ccccc1)N[C@@H](C)C(=O)N1C[C@@H](C2SCCS2)C[C@@H]1C(=O)O. The molecule has 0 aliphatic carbocycles. The van der Waals surface area contributed by atoms with E-state index >= 15 is 0 Å². The molecule has 176 valence electrons. The summed E-state index contributed by atoms with van der Waals surface area (Å²) in [6, 6.07) is 7.69. The maximum atomic E-state index is 13.2. The number of likely N-dealkylation sites (tertiary alicyclic amines) is 1. The van der Waals surface area contributed by atoms with Gasteiger partial charge in [0, 0.05) is 24.0 Å². The number of thioether (sulfide) groups is 2. The van der Waals surface area contributed by atoms with Gasteiger partial charge in [0.1, 0.15) is 12.1 Å².